The average Bonchev–Trinajstić information content (AvgIpc) is 2.82. The van der Waals surface area contributed by atoms with Crippen molar-refractivity contribution >= 4 is 11.7 Å². The molecule has 0 saturated heterocycles. The van der Waals surface area contributed by atoms with Crippen LogP contribution in [0, 0.1) is 0 Å². The molecule has 7 heteroatoms. The summed E-state index contributed by atoms with van der Waals surface area (Å²) >= 11 is 0. The molecule has 1 aliphatic carbocycles. The lowest BCUT2D eigenvalue weighted by atomic mass is 9.73. The summed E-state index contributed by atoms with van der Waals surface area (Å²) in [6.45, 7) is 0. The Balaban J connectivity index is 1.73. The second-order valence-electron chi connectivity index (χ2n) is 7.95. The van der Waals surface area contributed by atoms with Crippen LogP contribution < -0.4 is 24.3 Å². The molecule has 2 atom stereocenters. The normalized spacial score (nSPS) is 20.4. The van der Waals surface area contributed by atoms with Crippen molar-refractivity contribution < 1.29 is 28.5 Å². The summed E-state index contributed by atoms with van der Waals surface area (Å²) in [4.78, 5) is 26.0. The monoisotopic (exact) mass is 437 g/mol. The van der Waals surface area contributed by atoms with Gasteiger partial charge in [-0.05, 0) is 48.2 Å². The van der Waals surface area contributed by atoms with Gasteiger partial charge in [0.1, 0.15) is 11.5 Å². The van der Waals surface area contributed by atoms with E-state index >= 15 is 0 Å². The maximum absolute atomic E-state index is 13.4. The van der Waals surface area contributed by atoms with Gasteiger partial charge in [0.25, 0.3) is 0 Å². The van der Waals surface area contributed by atoms with Crippen molar-refractivity contribution in [1.29, 1.82) is 0 Å². The summed E-state index contributed by atoms with van der Waals surface area (Å²) in [6.07, 6.45) is 1.10. The SMILES string of the molecule is COc1ccc(OC)c([C@@H]2CC(=O)NC3=C2C(=O)C[C@H](c2ccc(OC)c(OC)c2)C3)c1. The highest BCUT2D eigenvalue weighted by atomic mass is 16.5. The predicted octanol–water partition coefficient (Wildman–Crippen LogP) is 3.73. The van der Waals surface area contributed by atoms with E-state index in [1.165, 1.54) is 0 Å². The number of nitrogens with one attached hydrogen (secondary N) is 1. The molecule has 0 bridgehead atoms. The Bertz CT molecular complexity index is 1090. The van der Waals surface area contributed by atoms with Crippen LogP contribution in [0.4, 0.5) is 0 Å². The molecule has 0 fully saturated rings. The number of Topliss-reactive ketones (excluding diaryl/α,β-unsaturated/α-hetero) is 1. The van der Waals surface area contributed by atoms with Gasteiger partial charge in [0.05, 0.1) is 28.4 Å². The molecule has 32 heavy (non-hydrogen) atoms. The van der Waals surface area contributed by atoms with Crippen LogP contribution in [-0.4, -0.2) is 40.1 Å². The lowest BCUT2D eigenvalue weighted by Crippen LogP contribution is -2.38. The van der Waals surface area contributed by atoms with Gasteiger partial charge in [-0.3, -0.25) is 9.59 Å². The van der Waals surface area contributed by atoms with Crippen LogP contribution in [0.1, 0.15) is 42.2 Å². The molecule has 1 aliphatic heterocycles. The van der Waals surface area contributed by atoms with E-state index in [0.717, 1.165) is 11.1 Å². The number of allylic oxidation sites excluding steroid dienone is 2. The minimum Gasteiger partial charge on any atom is -0.497 e. The third kappa shape index (κ3) is 3.90. The second kappa shape index (κ2) is 8.94. The standard InChI is InChI=1S/C25H27NO6/c1-29-16-6-8-21(30-2)17(12-16)18-13-24(28)26-19-9-15(10-20(27)25(18)19)14-5-7-22(31-3)23(11-14)32-4/h5-8,11-12,15,18H,9-10,13H2,1-4H3,(H,26,28)/t15-,18+/m1/s1. The lowest BCUT2D eigenvalue weighted by Gasteiger charge is -2.35. The molecule has 1 heterocycles. The van der Waals surface area contributed by atoms with Gasteiger partial charge >= 0.3 is 0 Å². The molecule has 0 spiro atoms. The first-order valence-corrected chi connectivity index (χ1v) is 10.5. The molecule has 2 aromatic rings. The molecule has 0 saturated carbocycles. The van der Waals surface area contributed by atoms with Crippen molar-refractivity contribution in [2.75, 3.05) is 28.4 Å². The fourth-order valence-electron chi connectivity index (χ4n) is 4.68. The lowest BCUT2D eigenvalue weighted by molar-refractivity contribution is -0.122. The molecule has 2 aromatic carbocycles. The Kier molecular flexibility index (Phi) is 6.08. The van der Waals surface area contributed by atoms with Gasteiger partial charge in [-0.2, -0.15) is 0 Å². The molecule has 0 radical (unpaired) electrons. The number of carbonyl (C=O) groups excluding carboxylic acids is 2. The number of ether oxygens (including phenoxy) is 4. The van der Waals surface area contributed by atoms with E-state index in [0.29, 0.717) is 47.1 Å². The van der Waals surface area contributed by atoms with Crippen molar-refractivity contribution in [2.24, 2.45) is 0 Å². The van der Waals surface area contributed by atoms with Crippen molar-refractivity contribution in [3.8, 4) is 23.0 Å². The summed E-state index contributed by atoms with van der Waals surface area (Å²) in [5.74, 6) is 2.01. The fraction of sp³-hybridized carbons (Fsp3) is 0.360. The third-order valence-corrected chi connectivity index (χ3v) is 6.23. The first-order chi connectivity index (χ1) is 15.5. The zero-order valence-electron chi connectivity index (χ0n) is 18.7. The van der Waals surface area contributed by atoms with E-state index in [1.807, 2.05) is 24.3 Å². The topological polar surface area (TPSA) is 83.1 Å². The molecule has 4 rings (SSSR count). The molecule has 0 aromatic heterocycles. The molecular weight excluding hydrogens is 410 g/mol. The highest BCUT2D eigenvalue weighted by Crippen LogP contribution is 2.46. The van der Waals surface area contributed by atoms with Crippen LogP contribution in [0.3, 0.4) is 0 Å². The maximum atomic E-state index is 13.4. The Morgan fingerprint density at radius 1 is 0.781 bits per heavy atom. The number of carbonyl (C=O) groups is 2. The number of hydrogen-bond donors (Lipinski definition) is 1. The van der Waals surface area contributed by atoms with Crippen LogP contribution in [-0.2, 0) is 9.59 Å². The van der Waals surface area contributed by atoms with E-state index in [1.54, 1.807) is 40.6 Å². The molecule has 7 nitrogen and oxygen atoms in total. The minimum atomic E-state index is -0.373. The first-order valence-electron chi connectivity index (χ1n) is 10.5. The summed E-state index contributed by atoms with van der Waals surface area (Å²) in [7, 11) is 6.34. The molecule has 1 N–H and O–H groups in total. The first kappa shape index (κ1) is 21.7. The molecule has 0 unspecified atom stereocenters. The quantitative estimate of drug-likeness (QED) is 0.742. The van der Waals surface area contributed by atoms with Crippen LogP contribution in [0.25, 0.3) is 0 Å². The zero-order valence-corrected chi connectivity index (χ0v) is 18.7. The third-order valence-electron chi connectivity index (χ3n) is 6.23. The van der Waals surface area contributed by atoms with E-state index in [4.69, 9.17) is 18.9 Å². The highest BCUT2D eigenvalue weighted by Gasteiger charge is 2.39. The molecule has 1 amide bonds. The zero-order chi connectivity index (χ0) is 22.8. The van der Waals surface area contributed by atoms with Crippen LogP contribution >= 0.6 is 0 Å². The van der Waals surface area contributed by atoms with Crippen molar-refractivity contribution in [3.63, 3.8) is 0 Å². The Hall–Kier alpha value is -3.48. The van der Waals surface area contributed by atoms with Gasteiger partial charge in [0, 0.05) is 35.6 Å². The number of methoxy groups -OCH3 is 4. The van der Waals surface area contributed by atoms with Gasteiger partial charge in [0.2, 0.25) is 5.91 Å². The highest BCUT2D eigenvalue weighted by molar-refractivity contribution is 6.02. The number of hydrogen-bond acceptors (Lipinski definition) is 6. The van der Waals surface area contributed by atoms with E-state index < -0.39 is 0 Å². The van der Waals surface area contributed by atoms with Gasteiger partial charge in [-0.15, -0.1) is 0 Å². The molecular formula is C25H27NO6. The number of amides is 1. The Morgan fingerprint density at radius 3 is 2.19 bits per heavy atom. The van der Waals surface area contributed by atoms with Crippen LogP contribution in [0.15, 0.2) is 47.7 Å². The Labute approximate surface area is 187 Å². The summed E-state index contributed by atoms with van der Waals surface area (Å²) in [6, 6.07) is 11.1. The fourth-order valence-corrected chi connectivity index (χ4v) is 4.68. The number of benzene rings is 2. The predicted molar refractivity (Wildman–Crippen MR) is 119 cm³/mol. The van der Waals surface area contributed by atoms with Crippen LogP contribution in [0.2, 0.25) is 0 Å². The summed E-state index contributed by atoms with van der Waals surface area (Å²) in [5, 5.41) is 2.96. The summed E-state index contributed by atoms with van der Waals surface area (Å²) < 4.78 is 21.7. The largest absolute Gasteiger partial charge is 0.497 e. The van der Waals surface area contributed by atoms with Gasteiger partial charge in [-0.1, -0.05) is 6.07 Å². The second-order valence-corrected chi connectivity index (χ2v) is 7.95. The average molecular weight is 437 g/mol. The van der Waals surface area contributed by atoms with Crippen molar-refractivity contribution in [2.45, 2.75) is 31.1 Å². The van der Waals surface area contributed by atoms with Gasteiger partial charge in [0.15, 0.2) is 17.3 Å². The van der Waals surface area contributed by atoms with Gasteiger partial charge < -0.3 is 24.3 Å². The number of ketones is 1. The summed E-state index contributed by atoms with van der Waals surface area (Å²) in [5.41, 5.74) is 3.10. The number of rotatable bonds is 6. The molecule has 2 aliphatic rings. The van der Waals surface area contributed by atoms with E-state index in [-0.39, 0.29) is 29.9 Å². The minimum absolute atomic E-state index is 0.0286. The molecule has 168 valence electrons. The Morgan fingerprint density at radius 2 is 1.50 bits per heavy atom. The van der Waals surface area contributed by atoms with E-state index in [9.17, 15) is 9.59 Å². The van der Waals surface area contributed by atoms with Crippen molar-refractivity contribution in [3.05, 3.63) is 58.8 Å². The van der Waals surface area contributed by atoms with E-state index in [2.05, 4.69) is 5.32 Å². The van der Waals surface area contributed by atoms with Gasteiger partial charge in [-0.25, -0.2) is 0 Å². The smallest absolute Gasteiger partial charge is 0.225 e. The maximum Gasteiger partial charge on any atom is 0.225 e. The van der Waals surface area contributed by atoms with Crippen LogP contribution in [0.5, 0.6) is 23.0 Å². The van der Waals surface area contributed by atoms with Crippen molar-refractivity contribution in [1.82, 2.24) is 5.32 Å².